The van der Waals surface area contributed by atoms with Gasteiger partial charge >= 0.3 is 0 Å². The molecule has 0 spiro atoms. The van der Waals surface area contributed by atoms with E-state index in [2.05, 4.69) is 6.58 Å². The fourth-order valence-corrected chi connectivity index (χ4v) is 1.72. The van der Waals surface area contributed by atoms with E-state index < -0.39 is 0 Å². The molecular weight excluding hydrogens is 186 g/mol. The lowest BCUT2D eigenvalue weighted by molar-refractivity contribution is 0.818. The van der Waals surface area contributed by atoms with E-state index in [4.69, 9.17) is 0 Å². The highest BCUT2D eigenvalue weighted by molar-refractivity contribution is 5.79. The number of aryl methyl sites for hydroxylation is 1. The number of nitrogens with zero attached hydrogens (tertiary/aromatic N) is 1. The molecule has 0 amide bonds. The molecule has 0 fully saturated rings. The zero-order chi connectivity index (χ0) is 10.8. The SMILES string of the molecule is C=CCn1c(=O)ccc2ccc(C)cc21. The minimum Gasteiger partial charge on any atom is -0.304 e. The number of benzene rings is 1. The summed E-state index contributed by atoms with van der Waals surface area (Å²) in [6, 6.07) is 9.56. The van der Waals surface area contributed by atoms with Crippen LogP contribution in [0.2, 0.25) is 0 Å². The Morgan fingerprint density at radius 3 is 2.80 bits per heavy atom. The van der Waals surface area contributed by atoms with E-state index >= 15 is 0 Å². The van der Waals surface area contributed by atoms with Gasteiger partial charge in [-0.05, 0) is 30.0 Å². The third kappa shape index (κ3) is 1.71. The summed E-state index contributed by atoms with van der Waals surface area (Å²) in [7, 11) is 0. The number of allylic oxidation sites excluding steroid dienone is 1. The second-order valence-corrected chi connectivity index (χ2v) is 3.63. The Labute approximate surface area is 88.5 Å². The first-order valence-electron chi connectivity index (χ1n) is 4.93. The highest BCUT2D eigenvalue weighted by Crippen LogP contribution is 2.13. The molecule has 0 atom stereocenters. The molecule has 0 N–H and O–H groups in total. The Bertz CT molecular complexity index is 566. The quantitative estimate of drug-likeness (QED) is 0.681. The maximum atomic E-state index is 11.6. The molecule has 2 aromatic rings. The Morgan fingerprint density at radius 2 is 2.07 bits per heavy atom. The smallest absolute Gasteiger partial charge is 0.251 e. The summed E-state index contributed by atoms with van der Waals surface area (Å²) >= 11 is 0. The van der Waals surface area contributed by atoms with E-state index in [0.717, 1.165) is 16.5 Å². The molecule has 0 bridgehead atoms. The lowest BCUT2D eigenvalue weighted by Crippen LogP contribution is -2.18. The minimum atomic E-state index is 0.0213. The summed E-state index contributed by atoms with van der Waals surface area (Å²) in [6.45, 7) is 6.24. The molecule has 1 aromatic carbocycles. The van der Waals surface area contributed by atoms with Crippen molar-refractivity contribution in [2.75, 3.05) is 0 Å². The summed E-state index contributed by atoms with van der Waals surface area (Å²) in [5.74, 6) is 0. The third-order valence-corrected chi connectivity index (χ3v) is 2.46. The predicted molar refractivity (Wildman–Crippen MR) is 63.1 cm³/mol. The molecule has 76 valence electrons. The average Bonchev–Trinajstić information content (AvgIpc) is 2.23. The van der Waals surface area contributed by atoms with Crippen LogP contribution < -0.4 is 5.56 Å². The Morgan fingerprint density at radius 1 is 1.33 bits per heavy atom. The minimum absolute atomic E-state index is 0.0213. The van der Waals surface area contributed by atoms with Crippen molar-refractivity contribution in [1.29, 1.82) is 0 Å². The van der Waals surface area contributed by atoms with Gasteiger partial charge < -0.3 is 4.57 Å². The summed E-state index contributed by atoms with van der Waals surface area (Å²) in [5, 5.41) is 1.09. The average molecular weight is 199 g/mol. The summed E-state index contributed by atoms with van der Waals surface area (Å²) in [5.41, 5.74) is 2.15. The van der Waals surface area contributed by atoms with Gasteiger partial charge in [-0.3, -0.25) is 4.79 Å². The van der Waals surface area contributed by atoms with Gasteiger partial charge in [0, 0.05) is 12.6 Å². The van der Waals surface area contributed by atoms with Crippen LogP contribution in [0.1, 0.15) is 5.56 Å². The first-order chi connectivity index (χ1) is 7.22. The van der Waals surface area contributed by atoms with Crippen LogP contribution in [-0.2, 0) is 6.54 Å². The highest BCUT2D eigenvalue weighted by atomic mass is 16.1. The largest absolute Gasteiger partial charge is 0.304 e. The molecule has 0 aliphatic rings. The van der Waals surface area contributed by atoms with Crippen molar-refractivity contribution in [2.24, 2.45) is 0 Å². The summed E-state index contributed by atoms with van der Waals surface area (Å²) < 4.78 is 1.73. The van der Waals surface area contributed by atoms with Gasteiger partial charge in [0.25, 0.3) is 5.56 Å². The fourth-order valence-electron chi connectivity index (χ4n) is 1.72. The van der Waals surface area contributed by atoms with Gasteiger partial charge in [0.1, 0.15) is 0 Å². The lowest BCUT2D eigenvalue weighted by Gasteiger charge is -2.07. The fraction of sp³-hybridized carbons (Fsp3) is 0.154. The molecule has 1 aromatic heterocycles. The van der Waals surface area contributed by atoms with Gasteiger partial charge in [-0.15, -0.1) is 6.58 Å². The molecule has 0 unspecified atom stereocenters. The third-order valence-electron chi connectivity index (χ3n) is 2.46. The van der Waals surface area contributed by atoms with E-state index in [1.54, 1.807) is 16.7 Å². The van der Waals surface area contributed by atoms with Crippen molar-refractivity contribution in [2.45, 2.75) is 13.5 Å². The molecule has 0 radical (unpaired) electrons. The second kappa shape index (κ2) is 3.73. The van der Waals surface area contributed by atoms with E-state index in [0.29, 0.717) is 6.54 Å². The zero-order valence-corrected chi connectivity index (χ0v) is 8.73. The summed E-state index contributed by atoms with van der Waals surface area (Å²) in [4.78, 5) is 11.6. The number of rotatable bonds is 2. The van der Waals surface area contributed by atoms with Crippen LogP contribution in [0.15, 0.2) is 47.8 Å². The van der Waals surface area contributed by atoms with Crippen molar-refractivity contribution >= 4 is 10.9 Å². The van der Waals surface area contributed by atoms with E-state index in [1.165, 1.54) is 0 Å². The van der Waals surface area contributed by atoms with Crippen LogP contribution >= 0.6 is 0 Å². The first-order valence-corrected chi connectivity index (χ1v) is 4.93. The van der Waals surface area contributed by atoms with E-state index in [-0.39, 0.29) is 5.56 Å². The highest BCUT2D eigenvalue weighted by Gasteiger charge is 2.00. The first kappa shape index (κ1) is 9.71. The lowest BCUT2D eigenvalue weighted by atomic mass is 10.1. The van der Waals surface area contributed by atoms with Crippen molar-refractivity contribution in [3.63, 3.8) is 0 Å². The number of hydrogen-bond donors (Lipinski definition) is 0. The molecule has 2 nitrogen and oxygen atoms in total. The van der Waals surface area contributed by atoms with E-state index in [9.17, 15) is 4.79 Å². The van der Waals surface area contributed by atoms with Gasteiger partial charge in [-0.1, -0.05) is 18.2 Å². The van der Waals surface area contributed by atoms with Crippen LogP contribution in [0.4, 0.5) is 0 Å². The maximum Gasteiger partial charge on any atom is 0.251 e. The molecular formula is C13H13NO. The molecule has 0 aliphatic heterocycles. The van der Waals surface area contributed by atoms with Gasteiger partial charge in [0.15, 0.2) is 0 Å². The van der Waals surface area contributed by atoms with Crippen molar-refractivity contribution in [3.05, 3.63) is 58.9 Å². The van der Waals surface area contributed by atoms with Gasteiger partial charge in [-0.2, -0.15) is 0 Å². The van der Waals surface area contributed by atoms with Crippen LogP contribution in [0.25, 0.3) is 10.9 Å². The van der Waals surface area contributed by atoms with Crippen LogP contribution in [0.5, 0.6) is 0 Å². The van der Waals surface area contributed by atoms with Crippen LogP contribution in [0.3, 0.4) is 0 Å². The topological polar surface area (TPSA) is 22.0 Å². The molecule has 1 heterocycles. The molecule has 2 heteroatoms. The molecule has 15 heavy (non-hydrogen) atoms. The Hall–Kier alpha value is -1.83. The van der Waals surface area contributed by atoms with Crippen LogP contribution in [0, 0.1) is 6.92 Å². The Balaban J connectivity index is 2.84. The van der Waals surface area contributed by atoms with Gasteiger partial charge in [0.05, 0.1) is 5.52 Å². The van der Waals surface area contributed by atoms with Gasteiger partial charge in [0.2, 0.25) is 0 Å². The van der Waals surface area contributed by atoms with E-state index in [1.807, 2.05) is 31.2 Å². The second-order valence-electron chi connectivity index (χ2n) is 3.63. The van der Waals surface area contributed by atoms with Gasteiger partial charge in [-0.25, -0.2) is 0 Å². The van der Waals surface area contributed by atoms with Crippen molar-refractivity contribution in [1.82, 2.24) is 4.57 Å². The Kier molecular flexibility index (Phi) is 2.42. The molecule has 0 saturated carbocycles. The normalized spacial score (nSPS) is 10.5. The number of pyridine rings is 1. The number of hydrogen-bond acceptors (Lipinski definition) is 1. The predicted octanol–water partition coefficient (Wildman–Crippen LogP) is 2.50. The number of fused-ring (bicyclic) bond motifs is 1. The van der Waals surface area contributed by atoms with Crippen molar-refractivity contribution in [3.8, 4) is 0 Å². The standard InChI is InChI=1S/C13H13NO/c1-3-8-14-12-9-10(2)4-5-11(12)6-7-13(14)15/h3-7,9H,1,8H2,2H3. The van der Waals surface area contributed by atoms with Crippen molar-refractivity contribution < 1.29 is 0 Å². The molecule has 2 rings (SSSR count). The molecule has 0 saturated heterocycles. The maximum absolute atomic E-state index is 11.6. The number of aromatic nitrogens is 1. The summed E-state index contributed by atoms with van der Waals surface area (Å²) in [6.07, 6.45) is 1.74. The molecule has 0 aliphatic carbocycles. The zero-order valence-electron chi connectivity index (χ0n) is 8.73. The van der Waals surface area contributed by atoms with Crippen LogP contribution in [-0.4, -0.2) is 4.57 Å². The monoisotopic (exact) mass is 199 g/mol.